The summed E-state index contributed by atoms with van der Waals surface area (Å²) in [5.74, 6) is -0.750. The molecule has 0 atom stereocenters. The first-order valence-electron chi connectivity index (χ1n) is 3.97. The molecule has 0 N–H and O–H groups in total. The molecule has 0 bridgehead atoms. The van der Waals surface area contributed by atoms with Crippen molar-refractivity contribution in [2.24, 2.45) is 0 Å². The molecule has 0 unspecified atom stereocenters. The molecule has 0 heterocycles. The first kappa shape index (κ1) is 19.8. The number of rotatable bonds is 4. The van der Waals surface area contributed by atoms with Gasteiger partial charge in [-0.15, -0.1) is 0 Å². The van der Waals surface area contributed by atoms with Crippen LogP contribution in [0.15, 0.2) is 0 Å². The average molecular weight is 311 g/mol. The summed E-state index contributed by atoms with van der Waals surface area (Å²) < 4.78 is 0. The van der Waals surface area contributed by atoms with Crippen molar-refractivity contribution in [2.45, 2.75) is 27.7 Å². The minimum atomic E-state index is -0.187. The number of hydrogen-bond donors (Lipinski definition) is 0. The molecule has 4 nitrogen and oxygen atoms in total. The van der Waals surface area contributed by atoms with Gasteiger partial charge in [-0.05, 0) is 27.7 Å². The van der Waals surface area contributed by atoms with E-state index in [9.17, 15) is 19.2 Å². The fraction of sp³-hybridized carbons (Fsp3) is 0.400. The molecule has 0 saturated carbocycles. The zero-order valence-corrected chi connectivity index (χ0v) is 13.5. The van der Waals surface area contributed by atoms with Gasteiger partial charge >= 0.3 is 27.3 Å². The Labute approximate surface area is 110 Å². The van der Waals surface area contributed by atoms with Crippen molar-refractivity contribution in [1.82, 2.24) is 0 Å². The van der Waals surface area contributed by atoms with E-state index in [0.29, 0.717) is 0 Å². The third kappa shape index (κ3) is 31.8. The Morgan fingerprint density at radius 3 is 0.733 bits per heavy atom. The van der Waals surface area contributed by atoms with Gasteiger partial charge in [0.1, 0.15) is 0 Å². The minimum absolute atomic E-state index is 0. The second-order valence-electron chi connectivity index (χ2n) is 2.73. The Morgan fingerprint density at radius 1 is 0.600 bits per heavy atom. The van der Waals surface area contributed by atoms with Crippen LogP contribution in [0.25, 0.3) is 0 Å². The molecule has 15 heavy (non-hydrogen) atoms. The molecular weight excluding hydrogens is 297 g/mol. The summed E-state index contributed by atoms with van der Waals surface area (Å²) in [5.41, 5.74) is 0. The topological polar surface area (TPSA) is 68.3 Å². The van der Waals surface area contributed by atoms with Gasteiger partial charge in [-0.25, -0.2) is 0 Å². The average Bonchev–Trinajstić information content (AvgIpc) is 1.79. The molecule has 0 radical (unpaired) electrons. The number of carbonyl (C=O) groups is 4. The van der Waals surface area contributed by atoms with Crippen molar-refractivity contribution in [2.75, 3.05) is 0 Å². The van der Waals surface area contributed by atoms with Crippen LogP contribution >= 0.6 is 0 Å². The van der Waals surface area contributed by atoms with E-state index < -0.39 is 0 Å². The molecular formula is C10H14CdO4. The van der Waals surface area contributed by atoms with Crippen LogP contribution in [-0.2, 0) is 46.5 Å². The number of Topliss-reactive ketones (excluding diaryl/α,β-unsaturated/α-hetero) is 4. The van der Waals surface area contributed by atoms with Gasteiger partial charge in [0.15, 0.2) is 0 Å². The Hall–Kier alpha value is -0.658. The van der Waals surface area contributed by atoms with Crippen LogP contribution in [-0.4, -0.2) is 23.1 Å². The Kier molecular flexibility index (Phi) is 15.1. The second kappa shape index (κ2) is 11.4. The Bertz CT molecular complexity index is 196. The molecule has 0 saturated heterocycles. The van der Waals surface area contributed by atoms with E-state index in [1.807, 2.05) is 0 Å². The second-order valence-corrected chi connectivity index (χ2v) is 2.73. The summed E-state index contributed by atoms with van der Waals surface area (Å²) in [7, 11) is 0. The summed E-state index contributed by atoms with van der Waals surface area (Å²) in [6, 6.07) is 0. The van der Waals surface area contributed by atoms with Crippen LogP contribution < -0.4 is 0 Å². The van der Waals surface area contributed by atoms with E-state index in [1.54, 1.807) is 0 Å². The Balaban J connectivity index is -0.000000180. The molecule has 0 aliphatic rings. The maximum absolute atomic E-state index is 9.98. The number of ketones is 4. The zero-order valence-electron chi connectivity index (χ0n) is 9.49. The van der Waals surface area contributed by atoms with E-state index >= 15 is 0 Å². The smallest absolute Gasteiger partial charge is 0.334 e. The predicted molar refractivity (Wildman–Crippen MR) is 51.3 cm³/mol. The van der Waals surface area contributed by atoms with Crippen molar-refractivity contribution in [3.05, 3.63) is 12.8 Å². The molecule has 0 aromatic heterocycles. The van der Waals surface area contributed by atoms with Gasteiger partial charge in [-0.2, -0.15) is 0 Å². The van der Waals surface area contributed by atoms with Crippen molar-refractivity contribution >= 4 is 23.1 Å². The van der Waals surface area contributed by atoms with Gasteiger partial charge in [0.05, 0.1) is 0 Å². The van der Waals surface area contributed by atoms with Crippen LogP contribution in [0.4, 0.5) is 0 Å². The van der Waals surface area contributed by atoms with Gasteiger partial charge in [0.25, 0.3) is 0 Å². The van der Waals surface area contributed by atoms with E-state index in [-0.39, 0.29) is 50.4 Å². The Morgan fingerprint density at radius 2 is 0.733 bits per heavy atom. The van der Waals surface area contributed by atoms with Crippen LogP contribution in [0.2, 0.25) is 0 Å². The van der Waals surface area contributed by atoms with Gasteiger partial charge < -0.3 is 19.2 Å². The normalized spacial score (nSPS) is 7.20. The summed E-state index contributed by atoms with van der Waals surface area (Å²) in [6.45, 7) is 5.39. The van der Waals surface area contributed by atoms with Gasteiger partial charge in [-0.3, -0.25) is 12.8 Å². The number of carbonyl (C=O) groups excluding carboxylic acids is 4. The first-order chi connectivity index (χ1) is 6.25. The molecule has 0 aliphatic carbocycles. The first-order valence-corrected chi connectivity index (χ1v) is 3.97. The summed E-state index contributed by atoms with van der Waals surface area (Å²) in [4.78, 5) is 39.9. The molecule has 0 aliphatic heterocycles. The quantitative estimate of drug-likeness (QED) is 0.436. The number of hydrogen-bond acceptors (Lipinski definition) is 4. The predicted octanol–water partition coefficient (Wildman–Crippen LogP) is 0.735. The van der Waals surface area contributed by atoms with E-state index in [2.05, 4.69) is 0 Å². The standard InChI is InChI=1S/2C5H7O2.Cd/c2*1-4(6)3-5(2)7;/h2*3H,1-2H3;/q2*-1;+2. The van der Waals surface area contributed by atoms with E-state index in [0.717, 1.165) is 12.8 Å². The molecule has 0 amide bonds. The van der Waals surface area contributed by atoms with Gasteiger partial charge in [0, 0.05) is 23.1 Å². The van der Waals surface area contributed by atoms with Crippen LogP contribution in [0.3, 0.4) is 0 Å². The van der Waals surface area contributed by atoms with Crippen LogP contribution in [0.5, 0.6) is 0 Å². The largest absolute Gasteiger partial charge is 2.00 e. The zero-order chi connectivity index (χ0) is 11.7. The van der Waals surface area contributed by atoms with Crippen molar-refractivity contribution in [3.63, 3.8) is 0 Å². The van der Waals surface area contributed by atoms with Crippen LogP contribution in [0, 0.1) is 12.8 Å². The maximum Gasteiger partial charge on any atom is 2.00 e. The monoisotopic (exact) mass is 312 g/mol. The SMILES string of the molecule is CC(=O)[CH-]C(C)=O.CC(=O)[CH-]C(C)=O.[Cd+2]. The maximum atomic E-state index is 9.98. The van der Waals surface area contributed by atoms with E-state index in [4.69, 9.17) is 0 Å². The molecule has 80 valence electrons. The van der Waals surface area contributed by atoms with Crippen molar-refractivity contribution < 1.29 is 46.5 Å². The van der Waals surface area contributed by atoms with Crippen LogP contribution in [0.1, 0.15) is 27.7 Å². The minimum Gasteiger partial charge on any atom is -0.334 e. The summed E-state index contributed by atoms with van der Waals surface area (Å²) in [6.07, 6.45) is 2.11. The molecule has 0 fully saturated rings. The molecule has 0 aromatic rings. The van der Waals surface area contributed by atoms with Gasteiger partial charge in [0.2, 0.25) is 0 Å². The fourth-order valence-corrected chi connectivity index (χ4v) is 0.572. The molecule has 0 spiro atoms. The summed E-state index contributed by atoms with van der Waals surface area (Å²) in [5, 5.41) is 0. The van der Waals surface area contributed by atoms with Crippen molar-refractivity contribution in [1.29, 1.82) is 0 Å². The molecule has 0 aromatic carbocycles. The third-order valence-corrected chi connectivity index (χ3v) is 0.813. The summed E-state index contributed by atoms with van der Waals surface area (Å²) >= 11 is 0. The molecule has 5 heteroatoms. The van der Waals surface area contributed by atoms with Gasteiger partial charge in [-0.1, -0.05) is 0 Å². The van der Waals surface area contributed by atoms with E-state index in [1.165, 1.54) is 27.7 Å². The molecule has 0 rings (SSSR count). The fourth-order valence-electron chi connectivity index (χ4n) is 0.572. The van der Waals surface area contributed by atoms with Crippen molar-refractivity contribution in [3.8, 4) is 0 Å². The third-order valence-electron chi connectivity index (χ3n) is 0.813.